The summed E-state index contributed by atoms with van der Waals surface area (Å²) < 4.78 is 22.3. The number of nitrogens with two attached hydrogens (primary N) is 1. The van der Waals surface area contributed by atoms with Crippen molar-refractivity contribution in [2.75, 3.05) is 5.33 Å². The molecule has 5 heteroatoms. The number of hydrogen-bond donors (Lipinski definition) is 1. The van der Waals surface area contributed by atoms with E-state index in [2.05, 4.69) is 15.9 Å². The summed E-state index contributed by atoms with van der Waals surface area (Å²) in [6, 6.07) is 0. The van der Waals surface area contributed by atoms with E-state index in [1.165, 1.54) is 0 Å². The van der Waals surface area contributed by atoms with Crippen molar-refractivity contribution in [2.24, 2.45) is 11.1 Å². The second-order valence-corrected chi connectivity index (χ2v) is 7.03. The molecule has 0 heterocycles. The van der Waals surface area contributed by atoms with Gasteiger partial charge in [0.25, 0.3) is 0 Å². The Morgan fingerprint density at radius 2 is 2.06 bits per heavy atom. The minimum atomic E-state index is -3.56. The van der Waals surface area contributed by atoms with Crippen LogP contribution in [0.15, 0.2) is 24.3 Å². The van der Waals surface area contributed by atoms with E-state index in [1.807, 2.05) is 12.2 Å². The van der Waals surface area contributed by atoms with E-state index in [4.69, 9.17) is 5.14 Å². The molecule has 0 radical (unpaired) electrons. The van der Waals surface area contributed by atoms with Gasteiger partial charge in [0.2, 0.25) is 10.0 Å². The molecular formula is C11H18BrNO2S. The van der Waals surface area contributed by atoms with Crippen molar-refractivity contribution >= 4 is 26.0 Å². The van der Waals surface area contributed by atoms with Crippen LogP contribution in [-0.2, 0) is 10.0 Å². The second kappa shape index (κ2) is 5.47. The van der Waals surface area contributed by atoms with Crippen molar-refractivity contribution in [2.45, 2.75) is 30.9 Å². The number of alkyl halides is 1. The highest BCUT2D eigenvalue weighted by molar-refractivity contribution is 9.09. The summed E-state index contributed by atoms with van der Waals surface area (Å²) in [5, 5.41) is 6.27. The third-order valence-corrected chi connectivity index (χ3v) is 5.36. The molecule has 0 bridgehead atoms. The Morgan fingerprint density at radius 3 is 2.62 bits per heavy atom. The molecule has 1 rings (SSSR count). The van der Waals surface area contributed by atoms with Gasteiger partial charge in [-0.15, -0.1) is 0 Å². The predicted molar refractivity (Wildman–Crippen MR) is 70.9 cm³/mol. The van der Waals surface area contributed by atoms with Crippen LogP contribution >= 0.6 is 15.9 Å². The maximum atomic E-state index is 11.6. The molecule has 1 aliphatic rings. The number of halogens is 1. The Kier molecular flexibility index (Phi) is 4.76. The van der Waals surface area contributed by atoms with E-state index < -0.39 is 14.8 Å². The Labute approximate surface area is 106 Å². The summed E-state index contributed by atoms with van der Waals surface area (Å²) >= 11 is 3.37. The highest BCUT2D eigenvalue weighted by atomic mass is 79.9. The van der Waals surface area contributed by atoms with E-state index in [0.29, 0.717) is 0 Å². The summed E-state index contributed by atoms with van der Waals surface area (Å²) in [5.74, 6) is -0.0217. The average molecular weight is 308 g/mol. The van der Waals surface area contributed by atoms with Gasteiger partial charge in [0.05, 0.1) is 0 Å². The average Bonchev–Trinajstić information content (AvgIpc) is 2.19. The fourth-order valence-electron chi connectivity index (χ4n) is 1.91. The molecule has 0 saturated carbocycles. The van der Waals surface area contributed by atoms with Gasteiger partial charge in [0.15, 0.2) is 0 Å². The molecule has 0 saturated heterocycles. The number of sulfonamides is 1. The van der Waals surface area contributed by atoms with E-state index >= 15 is 0 Å². The van der Waals surface area contributed by atoms with E-state index in [1.54, 1.807) is 19.1 Å². The second-order valence-electron chi connectivity index (χ2n) is 4.26. The van der Waals surface area contributed by atoms with Crippen LogP contribution < -0.4 is 5.14 Å². The molecule has 0 aliphatic heterocycles. The topological polar surface area (TPSA) is 60.2 Å². The van der Waals surface area contributed by atoms with Gasteiger partial charge < -0.3 is 0 Å². The van der Waals surface area contributed by atoms with Crippen molar-refractivity contribution < 1.29 is 8.42 Å². The number of rotatable bonds is 5. The van der Waals surface area contributed by atoms with Gasteiger partial charge in [-0.3, -0.25) is 0 Å². The van der Waals surface area contributed by atoms with Crippen LogP contribution in [0.25, 0.3) is 0 Å². The van der Waals surface area contributed by atoms with Crippen LogP contribution in [0.3, 0.4) is 0 Å². The summed E-state index contributed by atoms with van der Waals surface area (Å²) in [6.45, 7) is 1.70. The molecule has 16 heavy (non-hydrogen) atoms. The smallest absolute Gasteiger partial charge is 0.218 e. The Morgan fingerprint density at radius 1 is 1.38 bits per heavy atom. The monoisotopic (exact) mass is 307 g/mol. The molecule has 0 fully saturated rings. The predicted octanol–water partition coefficient (Wildman–Crippen LogP) is 2.34. The minimum Gasteiger partial charge on any atom is -0.228 e. The molecule has 2 atom stereocenters. The minimum absolute atomic E-state index is 0.0217. The highest BCUT2D eigenvalue weighted by Crippen LogP contribution is 2.34. The fourth-order valence-corrected chi connectivity index (χ4v) is 3.19. The quantitative estimate of drug-likeness (QED) is 0.626. The fraction of sp³-hybridized carbons (Fsp3) is 0.636. The first kappa shape index (κ1) is 13.9. The summed E-state index contributed by atoms with van der Waals surface area (Å²) in [5.41, 5.74) is 0. The molecule has 0 aromatic rings. The van der Waals surface area contributed by atoms with Gasteiger partial charge in [-0.25, -0.2) is 13.6 Å². The lowest BCUT2D eigenvalue weighted by Crippen LogP contribution is -2.45. The lowest BCUT2D eigenvalue weighted by Gasteiger charge is -2.32. The molecule has 0 spiro atoms. The zero-order valence-electron chi connectivity index (χ0n) is 9.40. The Balaban J connectivity index is 2.82. The number of allylic oxidation sites excluding steroid dienone is 3. The first-order chi connectivity index (χ1) is 7.42. The first-order valence-corrected chi connectivity index (χ1v) is 8.03. The first-order valence-electron chi connectivity index (χ1n) is 5.36. The Hall–Kier alpha value is -0.130. The van der Waals surface area contributed by atoms with Gasteiger partial charge in [0.1, 0.15) is 4.75 Å². The normalized spacial score (nSPS) is 29.6. The molecule has 3 nitrogen and oxygen atoms in total. The summed E-state index contributed by atoms with van der Waals surface area (Å²) in [6.07, 6.45) is 10.2. The maximum absolute atomic E-state index is 11.6. The summed E-state index contributed by atoms with van der Waals surface area (Å²) in [4.78, 5) is 0. The lowest BCUT2D eigenvalue weighted by atomic mass is 9.85. The molecule has 1 aliphatic carbocycles. The van der Waals surface area contributed by atoms with Crippen molar-refractivity contribution in [3.05, 3.63) is 24.3 Å². The van der Waals surface area contributed by atoms with Crippen molar-refractivity contribution in [3.8, 4) is 0 Å². The number of hydrogen-bond acceptors (Lipinski definition) is 2. The maximum Gasteiger partial charge on any atom is 0.218 e. The van der Waals surface area contributed by atoms with Crippen LogP contribution in [0.1, 0.15) is 26.2 Å². The SMILES string of the molecule is C[C@@]1(S(N)(=O)=O)C=CC=CC1CCCCBr. The molecular weight excluding hydrogens is 290 g/mol. The Bertz CT molecular complexity index is 389. The zero-order chi connectivity index (χ0) is 12.2. The van der Waals surface area contributed by atoms with Gasteiger partial charge in [-0.2, -0.15) is 0 Å². The molecule has 0 aromatic carbocycles. The molecule has 0 aromatic heterocycles. The van der Waals surface area contributed by atoms with E-state index in [9.17, 15) is 8.42 Å². The van der Waals surface area contributed by atoms with Gasteiger partial charge in [-0.1, -0.05) is 46.7 Å². The largest absolute Gasteiger partial charge is 0.228 e. The molecule has 92 valence electrons. The van der Waals surface area contributed by atoms with Gasteiger partial charge in [-0.05, 0) is 19.8 Å². The summed E-state index contributed by atoms with van der Waals surface area (Å²) in [7, 11) is -3.56. The zero-order valence-corrected chi connectivity index (χ0v) is 11.8. The van der Waals surface area contributed by atoms with Crippen LogP contribution in [0.2, 0.25) is 0 Å². The standard InChI is InChI=1S/C11H18BrNO2S/c1-11(16(13,14)15)8-4-2-6-10(11)7-3-5-9-12/h2,4,6,8,10H,3,5,7,9H2,1H3,(H2,13,14,15)/t10?,11-/m1/s1. The van der Waals surface area contributed by atoms with Crippen molar-refractivity contribution in [3.63, 3.8) is 0 Å². The number of primary sulfonamides is 1. The van der Waals surface area contributed by atoms with Crippen LogP contribution in [0, 0.1) is 5.92 Å². The molecule has 0 amide bonds. The van der Waals surface area contributed by atoms with E-state index in [0.717, 1.165) is 24.6 Å². The third-order valence-electron chi connectivity index (χ3n) is 3.13. The molecule has 1 unspecified atom stereocenters. The molecule has 2 N–H and O–H groups in total. The van der Waals surface area contributed by atoms with Crippen LogP contribution in [0.5, 0.6) is 0 Å². The highest BCUT2D eigenvalue weighted by Gasteiger charge is 2.41. The van der Waals surface area contributed by atoms with Gasteiger partial charge in [0, 0.05) is 11.2 Å². The van der Waals surface area contributed by atoms with E-state index in [-0.39, 0.29) is 5.92 Å². The third kappa shape index (κ3) is 2.96. The van der Waals surface area contributed by atoms with Crippen molar-refractivity contribution in [1.29, 1.82) is 0 Å². The lowest BCUT2D eigenvalue weighted by molar-refractivity contribution is 0.454. The van der Waals surface area contributed by atoms with Gasteiger partial charge >= 0.3 is 0 Å². The van der Waals surface area contributed by atoms with Crippen LogP contribution in [0.4, 0.5) is 0 Å². The number of unbranched alkanes of at least 4 members (excludes halogenated alkanes) is 1. The van der Waals surface area contributed by atoms with Crippen molar-refractivity contribution in [1.82, 2.24) is 0 Å². The van der Waals surface area contributed by atoms with Crippen LogP contribution in [-0.4, -0.2) is 18.5 Å².